The van der Waals surface area contributed by atoms with E-state index in [1.165, 1.54) is 10.5 Å². The number of nitrogens with zero attached hydrogens (tertiary/aromatic N) is 2. The first-order valence-electron chi connectivity index (χ1n) is 7.86. The van der Waals surface area contributed by atoms with Crippen LogP contribution in [-0.4, -0.2) is 42.7 Å². The number of carbonyl (C=O) groups excluding carboxylic acids is 1. The number of nitrogens with one attached hydrogen (secondary N) is 1. The fraction of sp³-hybridized carbons (Fsp3) is 0.529. The van der Waals surface area contributed by atoms with Gasteiger partial charge in [-0.2, -0.15) is 5.26 Å². The van der Waals surface area contributed by atoms with Crippen LogP contribution in [0.15, 0.2) is 29.2 Å². The number of carbonyl (C=O) groups is 1. The molecule has 0 saturated carbocycles. The van der Waals surface area contributed by atoms with Crippen LogP contribution in [0.5, 0.6) is 0 Å². The Morgan fingerprint density at radius 1 is 1.36 bits per heavy atom. The average molecular weight is 315 g/mol. The van der Waals surface area contributed by atoms with Crippen molar-refractivity contribution in [2.45, 2.75) is 23.7 Å². The molecule has 2 aliphatic rings. The summed E-state index contributed by atoms with van der Waals surface area (Å²) in [5, 5.41) is 11.9. The lowest BCUT2D eigenvalue weighted by Gasteiger charge is -2.30. The zero-order chi connectivity index (χ0) is 15.4. The molecule has 0 bridgehead atoms. The first kappa shape index (κ1) is 15.4. The molecule has 0 aliphatic carbocycles. The molecule has 1 N–H and O–H groups in total. The Bertz CT molecular complexity index is 576. The van der Waals surface area contributed by atoms with E-state index in [9.17, 15) is 4.79 Å². The van der Waals surface area contributed by atoms with Gasteiger partial charge in [-0.1, -0.05) is 18.2 Å². The van der Waals surface area contributed by atoms with Crippen LogP contribution in [0.4, 0.5) is 0 Å². The van der Waals surface area contributed by atoms with Crippen LogP contribution in [0.2, 0.25) is 0 Å². The van der Waals surface area contributed by atoms with Crippen molar-refractivity contribution in [3.8, 4) is 6.07 Å². The Balaban J connectivity index is 1.47. The first-order chi connectivity index (χ1) is 10.8. The Labute approximate surface area is 135 Å². The minimum absolute atomic E-state index is 0.000113. The van der Waals surface area contributed by atoms with Crippen molar-refractivity contribution in [1.29, 1.82) is 5.26 Å². The molecule has 1 aromatic carbocycles. The van der Waals surface area contributed by atoms with Gasteiger partial charge in [0, 0.05) is 17.2 Å². The molecule has 3 rings (SSSR count). The highest BCUT2D eigenvalue weighted by Gasteiger charge is 2.29. The molecule has 4 nitrogen and oxygen atoms in total. The van der Waals surface area contributed by atoms with Gasteiger partial charge in [-0.15, -0.1) is 11.8 Å². The highest BCUT2D eigenvalue weighted by atomic mass is 32.2. The van der Waals surface area contributed by atoms with Gasteiger partial charge in [0.25, 0.3) is 0 Å². The summed E-state index contributed by atoms with van der Waals surface area (Å²) in [6.07, 6.45) is 2.13. The smallest absolute Gasteiger partial charge is 0.228 e. The third-order valence-corrected chi connectivity index (χ3v) is 5.77. The van der Waals surface area contributed by atoms with E-state index < -0.39 is 0 Å². The molecule has 2 heterocycles. The van der Waals surface area contributed by atoms with E-state index >= 15 is 0 Å². The van der Waals surface area contributed by atoms with Gasteiger partial charge in [-0.25, -0.2) is 0 Å². The lowest BCUT2D eigenvalue weighted by Crippen LogP contribution is -2.40. The third kappa shape index (κ3) is 3.45. The van der Waals surface area contributed by atoms with Crippen LogP contribution >= 0.6 is 11.8 Å². The van der Waals surface area contributed by atoms with Gasteiger partial charge in [0.1, 0.15) is 0 Å². The quantitative estimate of drug-likeness (QED) is 0.866. The van der Waals surface area contributed by atoms with Crippen LogP contribution in [0.3, 0.4) is 0 Å². The molecule has 22 heavy (non-hydrogen) atoms. The monoisotopic (exact) mass is 315 g/mol. The van der Waals surface area contributed by atoms with Crippen LogP contribution in [0, 0.1) is 17.2 Å². The first-order valence-corrected chi connectivity index (χ1v) is 8.85. The maximum absolute atomic E-state index is 12.4. The Morgan fingerprint density at radius 2 is 2.14 bits per heavy atom. The molecule has 2 aliphatic heterocycles. The standard InChI is InChI=1S/C17H21N3OS/c18-7-10-20-8-5-13(6-9-20)11-19-17(21)15-12-22-16-4-2-1-3-14(15)16/h1-4,13,15H,5-6,8-12H2,(H,19,21)/t15-/m1/s1. The van der Waals surface area contributed by atoms with Crippen LogP contribution in [0.1, 0.15) is 24.3 Å². The number of thioether (sulfide) groups is 1. The third-order valence-electron chi connectivity index (χ3n) is 4.58. The summed E-state index contributed by atoms with van der Waals surface area (Å²) < 4.78 is 0. The van der Waals surface area contributed by atoms with Crippen LogP contribution in [-0.2, 0) is 4.79 Å². The average Bonchev–Trinajstić information content (AvgIpc) is 2.98. The SMILES string of the molecule is N#CCN1CCC(CNC(=O)[C@@H]2CSc3ccccc32)CC1. The Morgan fingerprint density at radius 3 is 2.91 bits per heavy atom. The van der Waals surface area contributed by atoms with E-state index in [2.05, 4.69) is 28.4 Å². The normalized spacial score (nSPS) is 22.0. The number of piperidine rings is 1. The zero-order valence-electron chi connectivity index (χ0n) is 12.6. The van der Waals surface area contributed by atoms with Gasteiger partial charge in [0.15, 0.2) is 0 Å². The predicted molar refractivity (Wildman–Crippen MR) is 87.7 cm³/mol. The lowest BCUT2D eigenvalue weighted by molar-refractivity contribution is -0.122. The number of amides is 1. The minimum Gasteiger partial charge on any atom is -0.355 e. The van der Waals surface area contributed by atoms with Crippen LogP contribution < -0.4 is 5.32 Å². The van der Waals surface area contributed by atoms with E-state index in [4.69, 9.17) is 5.26 Å². The number of likely N-dealkylation sites (tertiary alicyclic amines) is 1. The van der Waals surface area contributed by atoms with E-state index in [1.54, 1.807) is 11.8 Å². The lowest BCUT2D eigenvalue weighted by atomic mass is 9.96. The van der Waals surface area contributed by atoms with Crippen molar-refractivity contribution in [1.82, 2.24) is 10.2 Å². The molecular weight excluding hydrogens is 294 g/mol. The summed E-state index contributed by atoms with van der Waals surface area (Å²) in [6, 6.07) is 10.4. The highest BCUT2D eigenvalue weighted by Crippen LogP contribution is 2.39. The Kier molecular flexibility index (Phi) is 5.01. The fourth-order valence-corrected chi connectivity index (χ4v) is 4.43. The highest BCUT2D eigenvalue weighted by molar-refractivity contribution is 7.99. The maximum atomic E-state index is 12.4. The van der Waals surface area contributed by atoms with Crippen molar-refractivity contribution in [2.24, 2.45) is 5.92 Å². The summed E-state index contributed by atoms with van der Waals surface area (Å²) in [5.74, 6) is 1.56. The molecular formula is C17H21N3OS. The predicted octanol–water partition coefficient (Wildman–Crippen LogP) is 2.23. The van der Waals surface area contributed by atoms with E-state index in [0.29, 0.717) is 12.5 Å². The van der Waals surface area contributed by atoms with E-state index in [-0.39, 0.29) is 11.8 Å². The molecule has 1 fully saturated rings. The summed E-state index contributed by atoms with van der Waals surface area (Å²) in [7, 11) is 0. The van der Waals surface area contributed by atoms with Crippen molar-refractivity contribution in [3.05, 3.63) is 29.8 Å². The molecule has 0 unspecified atom stereocenters. The number of benzene rings is 1. The summed E-state index contributed by atoms with van der Waals surface area (Å²) >= 11 is 1.77. The second-order valence-electron chi connectivity index (χ2n) is 6.02. The van der Waals surface area contributed by atoms with Gasteiger partial charge in [0.05, 0.1) is 18.5 Å². The zero-order valence-corrected chi connectivity index (χ0v) is 13.4. The molecule has 0 spiro atoms. The molecule has 1 saturated heterocycles. The van der Waals surface area contributed by atoms with Gasteiger partial charge >= 0.3 is 0 Å². The molecule has 5 heteroatoms. The minimum atomic E-state index is -0.000113. The fourth-order valence-electron chi connectivity index (χ4n) is 3.20. The van der Waals surface area contributed by atoms with Crippen LogP contribution in [0.25, 0.3) is 0 Å². The molecule has 1 atom stereocenters. The topological polar surface area (TPSA) is 56.1 Å². The summed E-state index contributed by atoms with van der Waals surface area (Å²) in [6.45, 7) is 3.23. The number of rotatable bonds is 4. The molecule has 116 valence electrons. The summed E-state index contributed by atoms with van der Waals surface area (Å²) in [5.41, 5.74) is 1.17. The maximum Gasteiger partial charge on any atom is 0.228 e. The largest absolute Gasteiger partial charge is 0.355 e. The second-order valence-corrected chi connectivity index (χ2v) is 7.09. The van der Waals surface area contributed by atoms with Crippen molar-refractivity contribution >= 4 is 17.7 Å². The number of hydrogen-bond donors (Lipinski definition) is 1. The van der Waals surface area contributed by atoms with Crippen molar-refractivity contribution < 1.29 is 4.79 Å². The van der Waals surface area contributed by atoms with Gasteiger partial charge in [-0.3, -0.25) is 9.69 Å². The molecule has 0 radical (unpaired) electrons. The second kappa shape index (κ2) is 7.17. The molecule has 1 amide bonds. The Hall–Kier alpha value is -1.51. The number of fused-ring (bicyclic) bond motifs is 1. The van der Waals surface area contributed by atoms with Crippen molar-refractivity contribution in [3.63, 3.8) is 0 Å². The van der Waals surface area contributed by atoms with Gasteiger partial charge in [0.2, 0.25) is 5.91 Å². The molecule has 0 aromatic heterocycles. The van der Waals surface area contributed by atoms with E-state index in [0.717, 1.165) is 38.2 Å². The van der Waals surface area contributed by atoms with Gasteiger partial charge < -0.3 is 5.32 Å². The number of hydrogen-bond acceptors (Lipinski definition) is 4. The summed E-state index contributed by atoms with van der Waals surface area (Å²) in [4.78, 5) is 15.9. The van der Waals surface area contributed by atoms with E-state index in [1.807, 2.05) is 12.1 Å². The number of nitriles is 1. The van der Waals surface area contributed by atoms with Gasteiger partial charge in [-0.05, 0) is 43.5 Å². The van der Waals surface area contributed by atoms with Crippen molar-refractivity contribution in [2.75, 3.05) is 31.9 Å². The molecule has 1 aromatic rings.